The molecule has 0 saturated heterocycles. The number of carbonyl (C=O) groups is 1. The summed E-state index contributed by atoms with van der Waals surface area (Å²) in [5.41, 5.74) is 2.75. The summed E-state index contributed by atoms with van der Waals surface area (Å²) in [7, 11) is 0. The van der Waals surface area contributed by atoms with E-state index in [2.05, 4.69) is 26.5 Å². The standard InChI is InChI=1S/C18H12BrN3O5/c1-10(15-9-12-8-13(19)4-7-16(12)27-18(15)24)20-21-17(23)11-2-5-14(6-3-11)22(25)26/h2-9H,1H3,(H,21,23). The molecule has 1 N–H and O–H groups in total. The normalized spacial score (nSPS) is 11.4. The SMILES string of the molecule is CC(=NNC(=O)c1ccc([N+](=O)[O-])cc1)c1cc2cc(Br)ccc2oc1=O. The van der Waals surface area contributed by atoms with Gasteiger partial charge in [-0.25, -0.2) is 10.2 Å². The third-order valence-electron chi connectivity index (χ3n) is 3.75. The Hall–Kier alpha value is -3.33. The second-order valence-corrected chi connectivity index (χ2v) is 6.49. The van der Waals surface area contributed by atoms with Crippen LogP contribution in [0.2, 0.25) is 0 Å². The van der Waals surface area contributed by atoms with E-state index in [9.17, 15) is 19.7 Å². The zero-order valence-electron chi connectivity index (χ0n) is 13.9. The number of halogens is 1. The van der Waals surface area contributed by atoms with Crippen molar-refractivity contribution in [2.75, 3.05) is 0 Å². The first-order valence-electron chi connectivity index (χ1n) is 7.68. The molecule has 3 aromatic rings. The van der Waals surface area contributed by atoms with Crippen molar-refractivity contribution in [3.63, 3.8) is 0 Å². The Morgan fingerprint density at radius 2 is 1.89 bits per heavy atom. The molecule has 0 aliphatic carbocycles. The number of nitro benzene ring substituents is 1. The first-order chi connectivity index (χ1) is 12.8. The maximum atomic E-state index is 12.1. The van der Waals surface area contributed by atoms with Crippen LogP contribution in [-0.2, 0) is 0 Å². The van der Waals surface area contributed by atoms with Gasteiger partial charge in [-0.3, -0.25) is 14.9 Å². The number of fused-ring (bicyclic) bond motifs is 1. The summed E-state index contributed by atoms with van der Waals surface area (Å²) in [6.07, 6.45) is 0. The minimum atomic E-state index is -0.573. The molecule has 1 amide bonds. The van der Waals surface area contributed by atoms with Crippen molar-refractivity contribution < 1.29 is 14.1 Å². The third-order valence-corrected chi connectivity index (χ3v) is 4.24. The van der Waals surface area contributed by atoms with Gasteiger partial charge < -0.3 is 4.42 Å². The third kappa shape index (κ3) is 4.09. The smallest absolute Gasteiger partial charge is 0.345 e. The lowest BCUT2D eigenvalue weighted by Gasteiger charge is -2.04. The lowest BCUT2D eigenvalue weighted by molar-refractivity contribution is -0.384. The van der Waals surface area contributed by atoms with E-state index in [4.69, 9.17) is 4.42 Å². The van der Waals surface area contributed by atoms with E-state index in [1.807, 2.05) is 0 Å². The molecule has 0 atom stereocenters. The highest BCUT2D eigenvalue weighted by Gasteiger charge is 2.11. The van der Waals surface area contributed by atoms with Crippen molar-refractivity contribution in [3.8, 4) is 0 Å². The molecule has 0 saturated carbocycles. The molecule has 0 unspecified atom stereocenters. The predicted octanol–water partition coefficient (Wildman–Crippen LogP) is 3.62. The highest BCUT2D eigenvalue weighted by molar-refractivity contribution is 9.10. The highest BCUT2D eigenvalue weighted by Crippen LogP contribution is 2.19. The minimum Gasteiger partial charge on any atom is -0.422 e. The molecule has 2 aromatic carbocycles. The van der Waals surface area contributed by atoms with Gasteiger partial charge in [0.05, 0.1) is 16.2 Å². The van der Waals surface area contributed by atoms with Crippen molar-refractivity contribution >= 4 is 44.2 Å². The summed E-state index contributed by atoms with van der Waals surface area (Å²) < 4.78 is 6.09. The van der Waals surface area contributed by atoms with E-state index in [0.29, 0.717) is 11.0 Å². The molecule has 1 heterocycles. The molecule has 136 valence electrons. The molecule has 1 aromatic heterocycles. The molecule has 0 bridgehead atoms. The van der Waals surface area contributed by atoms with Crippen molar-refractivity contribution in [2.24, 2.45) is 5.10 Å². The van der Waals surface area contributed by atoms with Crippen molar-refractivity contribution in [3.05, 3.63) is 84.7 Å². The van der Waals surface area contributed by atoms with Crippen LogP contribution in [0.25, 0.3) is 11.0 Å². The van der Waals surface area contributed by atoms with Crippen LogP contribution in [0.5, 0.6) is 0 Å². The van der Waals surface area contributed by atoms with Crippen LogP contribution in [0.15, 0.2) is 67.3 Å². The molecular formula is C18H12BrN3O5. The van der Waals surface area contributed by atoms with E-state index in [-0.39, 0.29) is 22.5 Å². The van der Waals surface area contributed by atoms with Gasteiger partial charge in [-0.1, -0.05) is 15.9 Å². The molecule has 9 heteroatoms. The number of rotatable bonds is 4. The Morgan fingerprint density at radius 1 is 1.19 bits per heavy atom. The van der Waals surface area contributed by atoms with Crippen molar-refractivity contribution in [1.82, 2.24) is 5.43 Å². The molecule has 0 spiro atoms. The number of nitrogens with one attached hydrogen (secondary N) is 1. The van der Waals surface area contributed by atoms with Gasteiger partial charge in [0.25, 0.3) is 11.6 Å². The summed E-state index contributed by atoms with van der Waals surface area (Å²) >= 11 is 3.35. The number of hydrazone groups is 1. The van der Waals surface area contributed by atoms with Gasteiger partial charge in [0.15, 0.2) is 0 Å². The lowest BCUT2D eigenvalue weighted by atomic mass is 10.1. The second kappa shape index (κ2) is 7.50. The van der Waals surface area contributed by atoms with E-state index in [1.54, 1.807) is 31.2 Å². The zero-order chi connectivity index (χ0) is 19.6. The van der Waals surface area contributed by atoms with E-state index in [1.165, 1.54) is 24.3 Å². The van der Waals surface area contributed by atoms with Crippen LogP contribution in [0.1, 0.15) is 22.8 Å². The topological polar surface area (TPSA) is 115 Å². The van der Waals surface area contributed by atoms with Crippen LogP contribution >= 0.6 is 15.9 Å². The number of nitrogens with zero attached hydrogens (tertiary/aromatic N) is 2. The lowest BCUT2D eigenvalue weighted by Crippen LogP contribution is -2.21. The van der Waals surface area contributed by atoms with Gasteiger partial charge in [0, 0.05) is 27.6 Å². The van der Waals surface area contributed by atoms with Gasteiger partial charge in [0.1, 0.15) is 5.58 Å². The number of hydrogen-bond donors (Lipinski definition) is 1. The fraction of sp³-hybridized carbons (Fsp3) is 0.0556. The fourth-order valence-corrected chi connectivity index (χ4v) is 2.72. The van der Waals surface area contributed by atoms with Gasteiger partial charge in [-0.2, -0.15) is 5.10 Å². The number of benzene rings is 2. The Bertz CT molecular complexity index is 1140. The maximum absolute atomic E-state index is 12.1. The van der Waals surface area contributed by atoms with Crippen LogP contribution in [-0.4, -0.2) is 16.5 Å². The van der Waals surface area contributed by atoms with Gasteiger partial charge in [-0.05, 0) is 43.3 Å². The highest BCUT2D eigenvalue weighted by atomic mass is 79.9. The first-order valence-corrected chi connectivity index (χ1v) is 8.47. The number of hydrogen-bond acceptors (Lipinski definition) is 6. The van der Waals surface area contributed by atoms with Crippen LogP contribution in [0.3, 0.4) is 0 Å². The molecule has 27 heavy (non-hydrogen) atoms. The average Bonchev–Trinajstić information content (AvgIpc) is 2.65. The molecule has 3 rings (SSSR count). The molecule has 0 aliphatic heterocycles. The fourth-order valence-electron chi connectivity index (χ4n) is 2.34. The monoisotopic (exact) mass is 429 g/mol. The number of non-ortho nitro benzene ring substituents is 1. The average molecular weight is 430 g/mol. The number of nitro groups is 1. The summed E-state index contributed by atoms with van der Waals surface area (Å²) in [6, 6.07) is 11.9. The minimum absolute atomic E-state index is 0.119. The Morgan fingerprint density at radius 3 is 2.56 bits per heavy atom. The Labute approximate surface area is 160 Å². The first kappa shape index (κ1) is 18.5. The van der Waals surface area contributed by atoms with Crippen LogP contribution in [0, 0.1) is 10.1 Å². The predicted molar refractivity (Wildman–Crippen MR) is 103 cm³/mol. The van der Waals surface area contributed by atoms with E-state index in [0.717, 1.165) is 4.47 Å². The summed E-state index contributed by atoms with van der Waals surface area (Å²) in [4.78, 5) is 34.3. The molecule has 8 nitrogen and oxygen atoms in total. The summed E-state index contributed by atoms with van der Waals surface area (Å²) in [5.74, 6) is -0.558. The van der Waals surface area contributed by atoms with Crippen molar-refractivity contribution in [2.45, 2.75) is 6.92 Å². The molecule has 0 aliphatic rings. The molecular weight excluding hydrogens is 418 g/mol. The van der Waals surface area contributed by atoms with Crippen molar-refractivity contribution in [1.29, 1.82) is 0 Å². The van der Waals surface area contributed by atoms with Gasteiger partial charge in [0.2, 0.25) is 0 Å². The Balaban J connectivity index is 1.83. The van der Waals surface area contributed by atoms with Gasteiger partial charge >= 0.3 is 5.63 Å². The quantitative estimate of drug-likeness (QED) is 0.294. The summed E-state index contributed by atoms with van der Waals surface area (Å²) in [5, 5.41) is 15.3. The maximum Gasteiger partial charge on any atom is 0.345 e. The van der Waals surface area contributed by atoms with Crippen LogP contribution in [0.4, 0.5) is 5.69 Å². The molecule has 0 fully saturated rings. The van der Waals surface area contributed by atoms with E-state index < -0.39 is 16.5 Å². The Kier molecular flexibility index (Phi) is 5.13. The summed E-state index contributed by atoms with van der Waals surface area (Å²) in [6.45, 7) is 1.56. The number of carbonyl (C=O) groups excluding carboxylic acids is 1. The largest absolute Gasteiger partial charge is 0.422 e. The zero-order valence-corrected chi connectivity index (χ0v) is 15.5. The van der Waals surface area contributed by atoms with E-state index >= 15 is 0 Å². The van der Waals surface area contributed by atoms with Gasteiger partial charge in [-0.15, -0.1) is 0 Å². The second-order valence-electron chi connectivity index (χ2n) is 5.57. The molecule has 0 radical (unpaired) electrons. The number of amides is 1. The van der Waals surface area contributed by atoms with Crippen LogP contribution < -0.4 is 11.1 Å².